The highest BCUT2D eigenvalue weighted by Crippen LogP contribution is 2.18. The minimum atomic E-state index is -1.19. The minimum Gasteiger partial charge on any atom is -0.398 e. The molecule has 0 bridgehead atoms. The molecule has 1 atom stereocenters. The first-order valence-electron chi connectivity index (χ1n) is 4.66. The Morgan fingerprint density at radius 2 is 2.27 bits per heavy atom. The first-order chi connectivity index (χ1) is 7.15. The average Bonchev–Trinajstić information content (AvgIpc) is 2.22. The molecule has 0 radical (unpaired) electrons. The maximum Gasteiger partial charge on any atom is 0.124 e. The minimum absolute atomic E-state index is 0.393. The number of hydrogen-bond donors (Lipinski definition) is 1. The summed E-state index contributed by atoms with van der Waals surface area (Å²) in [7, 11) is -1.19. The molecule has 0 saturated carbocycles. The van der Waals surface area contributed by atoms with E-state index in [2.05, 4.69) is 0 Å². The van der Waals surface area contributed by atoms with Crippen molar-refractivity contribution in [1.29, 1.82) is 0 Å². The topological polar surface area (TPSA) is 43.1 Å². The third-order valence-corrected chi connectivity index (χ3v) is 4.42. The molecule has 1 rings (SSSR count). The molecule has 1 unspecified atom stereocenters. The fourth-order valence-electron chi connectivity index (χ4n) is 1.09. The van der Waals surface area contributed by atoms with E-state index in [4.69, 9.17) is 5.73 Å². The van der Waals surface area contributed by atoms with Crippen molar-refractivity contribution in [3.05, 3.63) is 24.0 Å². The number of hydrogen-bond acceptors (Lipinski definition) is 3. The Bertz CT molecular complexity index is 357. The van der Waals surface area contributed by atoms with Gasteiger partial charge in [0.05, 0.1) is 15.7 Å². The van der Waals surface area contributed by atoms with Crippen LogP contribution in [0.15, 0.2) is 23.1 Å². The molecule has 0 aromatic heterocycles. The molecule has 1 aromatic rings. The largest absolute Gasteiger partial charge is 0.398 e. The summed E-state index contributed by atoms with van der Waals surface area (Å²) < 4.78 is 24.6. The first-order valence-corrected chi connectivity index (χ1v) is 7.13. The van der Waals surface area contributed by atoms with Crippen molar-refractivity contribution in [2.45, 2.75) is 11.8 Å². The van der Waals surface area contributed by atoms with Crippen molar-refractivity contribution < 1.29 is 8.60 Å². The second-order valence-electron chi connectivity index (χ2n) is 2.93. The Kier molecular flexibility index (Phi) is 5.11. The molecule has 0 heterocycles. The lowest BCUT2D eigenvalue weighted by atomic mass is 10.3. The summed E-state index contributed by atoms with van der Waals surface area (Å²) in [6.07, 6.45) is 0. The van der Waals surface area contributed by atoms with Gasteiger partial charge in [-0.05, 0) is 24.0 Å². The third kappa shape index (κ3) is 3.83. The zero-order valence-electron chi connectivity index (χ0n) is 8.53. The summed E-state index contributed by atoms with van der Waals surface area (Å²) >= 11 is 1.71. The molecule has 0 saturated heterocycles. The normalized spacial score (nSPS) is 12.7. The molecular weight excluding hydrogens is 233 g/mol. The number of nitrogen functional groups attached to an aromatic ring is 1. The van der Waals surface area contributed by atoms with E-state index in [0.29, 0.717) is 16.3 Å². The highest BCUT2D eigenvalue weighted by Gasteiger charge is 2.08. The van der Waals surface area contributed by atoms with Crippen LogP contribution in [0, 0.1) is 5.82 Å². The molecule has 2 N–H and O–H groups in total. The summed E-state index contributed by atoms with van der Waals surface area (Å²) in [4.78, 5) is 0.409. The van der Waals surface area contributed by atoms with Crippen LogP contribution in [0.4, 0.5) is 10.1 Å². The molecule has 0 aliphatic rings. The van der Waals surface area contributed by atoms with Gasteiger partial charge in [-0.25, -0.2) is 4.39 Å². The van der Waals surface area contributed by atoms with Crippen molar-refractivity contribution in [1.82, 2.24) is 0 Å². The van der Waals surface area contributed by atoms with E-state index in [9.17, 15) is 8.60 Å². The van der Waals surface area contributed by atoms with Gasteiger partial charge >= 0.3 is 0 Å². The standard InChI is InChI=1S/C10H14FNOS2/c1-2-14-5-6-15(13)10-7-8(11)3-4-9(10)12/h3-4,7H,2,5-6,12H2,1H3. The lowest BCUT2D eigenvalue weighted by molar-refractivity contribution is 0.623. The van der Waals surface area contributed by atoms with Crippen LogP contribution in [0.1, 0.15) is 6.92 Å². The van der Waals surface area contributed by atoms with Crippen LogP contribution in [0.2, 0.25) is 0 Å². The van der Waals surface area contributed by atoms with Crippen LogP contribution in [0.5, 0.6) is 0 Å². The van der Waals surface area contributed by atoms with Crippen LogP contribution in [-0.2, 0) is 10.8 Å². The van der Waals surface area contributed by atoms with E-state index < -0.39 is 16.6 Å². The van der Waals surface area contributed by atoms with Gasteiger partial charge in [-0.1, -0.05) is 6.92 Å². The molecule has 5 heteroatoms. The molecule has 84 valence electrons. The molecule has 15 heavy (non-hydrogen) atoms. The lowest BCUT2D eigenvalue weighted by Gasteiger charge is -2.05. The third-order valence-electron chi connectivity index (χ3n) is 1.84. The van der Waals surface area contributed by atoms with Gasteiger partial charge in [0, 0.05) is 17.2 Å². The molecule has 0 spiro atoms. The maximum atomic E-state index is 12.9. The zero-order valence-corrected chi connectivity index (χ0v) is 10.2. The summed E-state index contributed by atoms with van der Waals surface area (Å²) in [5, 5.41) is 0. The van der Waals surface area contributed by atoms with Gasteiger partial charge in [0.1, 0.15) is 5.82 Å². The van der Waals surface area contributed by atoms with Gasteiger partial charge in [-0.3, -0.25) is 4.21 Å². The maximum absolute atomic E-state index is 12.9. The fourth-order valence-corrected chi connectivity index (χ4v) is 3.25. The number of thioether (sulfide) groups is 1. The summed E-state index contributed by atoms with van der Waals surface area (Å²) in [6.45, 7) is 2.05. The number of rotatable bonds is 5. The first kappa shape index (κ1) is 12.5. The Morgan fingerprint density at radius 3 is 2.93 bits per heavy atom. The molecular formula is C10H14FNOS2. The number of halogens is 1. The quantitative estimate of drug-likeness (QED) is 0.641. The predicted molar refractivity (Wildman–Crippen MR) is 65.1 cm³/mol. The highest BCUT2D eigenvalue weighted by atomic mass is 32.2. The van der Waals surface area contributed by atoms with Crippen molar-refractivity contribution in [2.75, 3.05) is 23.0 Å². The highest BCUT2D eigenvalue weighted by molar-refractivity contribution is 8.00. The fraction of sp³-hybridized carbons (Fsp3) is 0.400. The second kappa shape index (κ2) is 6.12. The van der Waals surface area contributed by atoms with Crippen molar-refractivity contribution in [2.24, 2.45) is 0 Å². The SMILES string of the molecule is CCSCCS(=O)c1cc(F)ccc1N. The molecule has 0 amide bonds. The van der Waals surface area contributed by atoms with E-state index in [1.807, 2.05) is 6.92 Å². The Hall–Kier alpha value is -0.550. The summed E-state index contributed by atoms with van der Waals surface area (Å²) in [6, 6.07) is 3.98. The molecule has 0 fully saturated rings. The van der Waals surface area contributed by atoms with Gasteiger partial charge in [0.15, 0.2) is 0 Å². The number of benzene rings is 1. The van der Waals surface area contributed by atoms with Gasteiger partial charge < -0.3 is 5.73 Å². The van der Waals surface area contributed by atoms with Gasteiger partial charge in [0.2, 0.25) is 0 Å². The molecule has 2 nitrogen and oxygen atoms in total. The molecule has 0 aliphatic heterocycles. The molecule has 0 aliphatic carbocycles. The Balaban J connectivity index is 2.68. The van der Waals surface area contributed by atoms with Gasteiger partial charge in [-0.15, -0.1) is 0 Å². The van der Waals surface area contributed by atoms with E-state index >= 15 is 0 Å². The summed E-state index contributed by atoms with van der Waals surface area (Å²) in [5.41, 5.74) is 6.03. The Morgan fingerprint density at radius 1 is 1.53 bits per heavy atom. The van der Waals surface area contributed by atoms with Gasteiger partial charge in [0.25, 0.3) is 0 Å². The average molecular weight is 247 g/mol. The monoisotopic (exact) mass is 247 g/mol. The number of anilines is 1. The second-order valence-corrected chi connectivity index (χ2v) is 5.86. The van der Waals surface area contributed by atoms with Crippen molar-refractivity contribution in [3.8, 4) is 0 Å². The number of nitrogens with two attached hydrogens (primary N) is 1. The zero-order chi connectivity index (χ0) is 11.3. The van der Waals surface area contributed by atoms with Crippen LogP contribution in [0.3, 0.4) is 0 Å². The van der Waals surface area contributed by atoms with E-state index in [1.54, 1.807) is 11.8 Å². The smallest absolute Gasteiger partial charge is 0.124 e. The van der Waals surface area contributed by atoms with Crippen molar-refractivity contribution in [3.63, 3.8) is 0 Å². The van der Waals surface area contributed by atoms with Gasteiger partial charge in [-0.2, -0.15) is 11.8 Å². The molecule has 1 aromatic carbocycles. The van der Waals surface area contributed by atoms with Crippen LogP contribution in [-0.4, -0.2) is 21.5 Å². The summed E-state index contributed by atoms with van der Waals surface area (Å²) in [5.74, 6) is 1.93. The van der Waals surface area contributed by atoms with Crippen LogP contribution < -0.4 is 5.73 Å². The van der Waals surface area contributed by atoms with Crippen LogP contribution in [0.25, 0.3) is 0 Å². The van der Waals surface area contributed by atoms with E-state index in [1.165, 1.54) is 18.2 Å². The Labute approximate surface area is 95.9 Å². The van der Waals surface area contributed by atoms with E-state index in [0.717, 1.165) is 11.5 Å². The van der Waals surface area contributed by atoms with Crippen LogP contribution >= 0.6 is 11.8 Å². The predicted octanol–water partition coefficient (Wildman–Crippen LogP) is 2.27. The van der Waals surface area contributed by atoms with Crippen molar-refractivity contribution >= 4 is 28.2 Å². The van der Waals surface area contributed by atoms with E-state index in [-0.39, 0.29) is 0 Å². The lowest BCUT2D eigenvalue weighted by Crippen LogP contribution is -2.04.